The van der Waals surface area contributed by atoms with Gasteiger partial charge in [-0.25, -0.2) is 0 Å². The van der Waals surface area contributed by atoms with E-state index in [-0.39, 0.29) is 0 Å². The van der Waals surface area contributed by atoms with Gasteiger partial charge < -0.3 is 4.74 Å². The highest BCUT2D eigenvalue weighted by molar-refractivity contribution is 7.97. The predicted octanol–water partition coefficient (Wildman–Crippen LogP) is 1.52. The van der Waals surface area contributed by atoms with Crippen LogP contribution in [-0.2, 0) is 4.74 Å². The van der Waals surface area contributed by atoms with Gasteiger partial charge in [0.05, 0.1) is 18.5 Å². The first kappa shape index (κ1) is 7.90. The monoisotopic (exact) mass is 173 g/mol. The van der Waals surface area contributed by atoms with Crippen molar-refractivity contribution < 1.29 is 4.74 Å². The Morgan fingerprint density at radius 2 is 1.82 bits per heavy atom. The summed E-state index contributed by atoms with van der Waals surface area (Å²) in [6.45, 7) is 4.53. The molecular weight excluding hydrogens is 158 g/mol. The minimum absolute atomic E-state index is 0.771. The van der Waals surface area contributed by atoms with E-state index in [4.69, 9.17) is 4.74 Å². The number of ether oxygens (including phenoxy) is 1. The molecule has 0 atom stereocenters. The largest absolute Gasteiger partial charge is 0.379 e. The van der Waals surface area contributed by atoms with Gasteiger partial charge in [0, 0.05) is 13.1 Å². The second-order valence-corrected chi connectivity index (χ2v) is 4.65. The number of hydrogen-bond acceptors (Lipinski definition) is 3. The normalized spacial score (nSPS) is 28.4. The smallest absolute Gasteiger partial charge is 0.0662 e. The van der Waals surface area contributed by atoms with Crippen LogP contribution < -0.4 is 0 Å². The maximum Gasteiger partial charge on any atom is 0.0662 e. The van der Waals surface area contributed by atoms with Crippen molar-refractivity contribution in [2.45, 2.75) is 24.5 Å². The molecule has 2 nitrogen and oxygen atoms in total. The van der Waals surface area contributed by atoms with Crippen LogP contribution in [0.1, 0.15) is 19.3 Å². The zero-order valence-electron chi connectivity index (χ0n) is 6.79. The van der Waals surface area contributed by atoms with Crippen molar-refractivity contribution in [1.82, 2.24) is 4.31 Å². The molecule has 2 rings (SSSR count). The van der Waals surface area contributed by atoms with Crippen LogP contribution in [0.5, 0.6) is 0 Å². The molecule has 0 saturated carbocycles. The van der Waals surface area contributed by atoms with E-state index in [2.05, 4.69) is 4.31 Å². The van der Waals surface area contributed by atoms with Gasteiger partial charge in [0.15, 0.2) is 0 Å². The first-order chi connectivity index (χ1) is 5.45. The molecule has 2 saturated heterocycles. The second kappa shape index (κ2) is 3.78. The Morgan fingerprint density at radius 3 is 2.36 bits per heavy atom. The SMILES string of the molecule is C1CCN(SC2COC2)CC1. The lowest BCUT2D eigenvalue weighted by Gasteiger charge is -2.33. The molecule has 0 spiro atoms. The number of rotatable bonds is 2. The van der Waals surface area contributed by atoms with Crippen LogP contribution >= 0.6 is 11.9 Å². The van der Waals surface area contributed by atoms with E-state index in [0.717, 1.165) is 18.5 Å². The summed E-state index contributed by atoms with van der Waals surface area (Å²) in [6.07, 6.45) is 4.21. The maximum absolute atomic E-state index is 5.13. The van der Waals surface area contributed by atoms with Crippen molar-refractivity contribution in [2.24, 2.45) is 0 Å². The third-order valence-corrected chi connectivity index (χ3v) is 3.45. The molecular formula is C8H15NOS. The van der Waals surface area contributed by atoms with Gasteiger partial charge in [-0.2, -0.15) is 0 Å². The standard InChI is InChI=1S/C8H15NOS/c1-2-4-9(5-3-1)11-8-6-10-7-8/h8H,1-7H2. The average molecular weight is 173 g/mol. The Hall–Kier alpha value is 0.270. The molecule has 0 N–H and O–H groups in total. The summed E-state index contributed by atoms with van der Waals surface area (Å²) in [5, 5.41) is 0.771. The molecule has 0 bridgehead atoms. The fourth-order valence-corrected chi connectivity index (χ4v) is 2.66. The second-order valence-electron chi connectivity index (χ2n) is 3.25. The van der Waals surface area contributed by atoms with Crippen LogP contribution in [-0.4, -0.2) is 35.9 Å². The van der Waals surface area contributed by atoms with E-state index in [9.17, 15) is 0 Å². The van der Waals surface area contributed by atoms with Crippen LogP contribution in [0.4, 0.5) is 0 Å². The highest BCUT2D eigenvalue weighted by atomic mass is 32.2. The topological polar surface area (TPSA) is 12.5 Å². The summed E-state index contributed by atoms with van der Waals surface area (Å²) in [6, 6.07) is 0. The summed E-state index contributed by atoms with van der Waals surface area (Å²) in [5.41, 5.74) is 0. The molecule has 11 heavy (non-hydrogen) atoms. The van der Waals surface area contributed by atoms with Crippen molar-refractivity contribution in [3.05, 3.63) is 0 Å². The third-order valence-electron chi connectivity index (χ3n) is 2.22. The van der Waals surface area contributed by atoms with Gasteiger partial charge in [-0.1, -0.05) is 18.4 Å². The summed E-state index contributed by atoms with van der Waals surface area (Å²) in [4.78, 5) is 0. The minimum atomic E-state index is 0.771. The Bertz CT molecular complexity index is 121. The van der Waals surface area contributed by atoms with Gasteiger partial charge in [0.25, 0.3) is 0 Å². The molecule has 2 fully saturated rings. The van der Waals surface area contributed by atoms with Crippen molar-refractivity contribution in [3.63, 3.8) is 0 Å². The fourth-order valence-electron chi connectivity index (χ4n) is 1.46. The van der Waals surface area contributed by atoms with E-state index < -0.39 is 0 Å². The van der Waals surface area contributed by atoms with E-state index in [0.29, 0.717) is 0 Å². The average Bonchev–Trinajstić information content (AvgIpc) is 1.99. The minimum Gasteiger partial charge on any atom is -0.379 e. The summed E-state index contributed by atoms with van der Waals surface area (Å²) < 4.78 is 7.64. The van der Waals surface area contributed by atoms with E-state index in [1.807, 2.05) is 11.9 Å². The van der Waals surface area contributed by atoms with Crippen molar-refractivity contribution in [1.29, 1.82) is 0 Å². The Morgan fingerprint density at radius 1 is 1.09 bits per heavy atom. The van der Waals surface area contributed by atoms with Gasteiger partial charge in [-0.3, -0.25) is 4.31 Å². The van der Waals surface area contributed by atoms with Gasteiger partial charge in [0.2, 0.25) is 0 Å². The van der Waals surface area contributed by atoms with Crippen molar-refractivity contribution in [3.8, 4) is 0 Å². The number of nitrogens with zero attached hydrogens (tertiary/aromatic N) is 1. The quantitative estimate of drug-likeness (QED) is 0.587. The van der Waals surface area contributed by atoms with Gasteiger partial charge in [-0.15, -0.1) is 0 Å². The molecule has 2 aliphatic rings. The lowest BCUT2D eigenvalue weighted by Crippen LogP contribution is -2.36. The lowest BCUT2D eigenvalue weighted by atomic mass is 10.2. The predicted molar refractivity (Wildman–Crippen MR) is 47.6 cm³/mol. The van der Waals surface area contributed by atoms with E-state index >= 15 is 0 Å². The molecule has 0 radical (unpaired) electrons. The van der Waals surface area contributed by atoms with Crippen LogP contribution in [0.15, 0.2) is 0 Å². The molecule has 0 aliphatic carbocycles. The maximum atomic E-state index is 5.13. The molecule has 2 aliphatic heterocycles. The summed E-state index contributed by atoms with van der Waals surface area (Å²) in [7, 11) is 0. The molecule has 0 aromatic heterocycles. The van der Waals surface area contributed by atoms with Gasteiger partial charge in [-0.05, 0) is 12.8 Å². The highest BCUT2D eigenvalue weighted by Crippen LogP contribution is 2.26. The Kier molecular flexibility index (Phi) is 2.72. The first-order valence-electron chi connectivity index (χ1n) is 4.44. The Balaban J connectivity index is 1.67. The zero-order valence-corrected chi connectivity index (χ0v) is 7.61. The Labute approximate surface area is 72.4 Å². The van der Waals surface area contributed by atoms with E-state index in [1.165, 1.54) is 32.4 Å². The molecule has 64 valence electrons. The molecule has 0 aromatic carbocycles. The fraction of sp³-hybridized carbons (Fsp3) is 1.00. The zero-order chi connectivity index (χ0) is 7.52. The van der Waals surface area contributed by atoms with Crippen molar-refractivity contribution in [2.75, 3.05) is 26.3 Å². The van der Waals surface area contributed by atoms with Gasteiger partial charge >= 0.3 is 0 Å². The number of hydrogen-bond donors (Lipinski definition) is 0. The molecule has 3 heteroatoms. The summed E-state index contributed by atoms with van der Waals surface area (Å²) >= 11 is 2.02. The molecule has 0 amide bonds. The summed E-state index contributed by atoms with van der Waals surface area (Å²) in [5.74, 6) is 0. The molecule has 0 aromatic rings. The number of piperidine rings is 1. The van der Waals surface area contributed by atoms with Crippen LogP contribution in [0.2, 0.25) is 0 Å². The third kappa shape index (κ3) is 2.10. The highest BCUT2D eigenvalue weighted by Gasteiger charge is 2.23. The van der Waals surface area contributed by atoms with Crippen LogP contribution in [0.25, 0.3) is 0 Å². The lowest BCUT2D eigenvalue weighted by molar-refractivity contribution is 0.0439. The molecule has 0 unspecified atom stereocenters. The van der Waals surface area contributed by atoms with Crippen LogP contribution in [0.3, 0.4) is 0 Å². The van der Waals surface area contributed by atoms with Crippen LogP contribution in [0, 0.1) is 0 Å². The molecule has 2 heterocycles. The van der Waals surface area contributed by atoms with E-state index in [1.54, 1.807) is 0 Å². The van der Waals surface area contributed by atoms with Gasteiger partial charge in [0.1, 0.15) is 0 Å². The van der Waals surface area contributed by atoms with Crippen molar-refractivity contribution >= 4 is 11.9 Å². The first-order valence-corrected chi connectivity index (χ1v) is 5.28.